The standard InChI is InChI=1S/C15H17N3O3S2/c1-10-13(22-15(17-10)11-5-2-3-6-11)14(19)18-23(20,21)12-7-4-8-16-9-12/h4,7-9,11H,2-3,5-6H2,1H3,(H,18,19). The number of aromatic nitrogens is 2. The van der Waals surface area contributed by atoms with Crippen molar-refractivity contribution in [3.8, 4) is 0 Å². The number of hydrogen-bond acceptors (Lipinski definition) is 6. The third kappa shape index (κ3) is 3.42. The summed E-state index contributed by atoms with van der Waals surface area (Å²) in [6.07, 6.45) is 7.21. The lowest BCUT2D eigenvalue weighted by Crippen LogP contribution is -2.30. The van der Waals surface area contributed by atoms with Crippen LogP contribution in [0.5, 0.6) is 0 Å². The zero-order valence-electron chi connectivity index (χ0n) is 12.7. The molecule has 1 N–H and O–H groups in total. The van der Waals surface area contributed by atoms with Crippen molar-refractivity contribution < 1.29 is 13.2 Å². The van der Waals surface area contributed by atoms with E-state index in [1.807, 2.05) is 0 Å². The predicted molar refractivity (Wildman–Crippen MR) is 86.9 cm³/mol. The van der Waals surface area contributed by atoms with E-state index in [2.05, 4.69) is 14.7 Å². The van der Waals surface area contributed by atoms with Crippen molar-refractivity contribution in [1.29, 1.82) is 0 Å². The van der Waals surface area contributed by atoms with E-state index in [1.54, 1.807) is 6.92 Å². The number of hydrogen-bond donors (Lipinski definition) is 1. The lowest BCUT2D eigenvalue weighted by Gasteiger charge is -2.05. The fourth-order valence-corrected chi connectivity index (χ4v) is 4.83. The van der Waals surface area contributed by atoms with E-state index in [9.17, 15) is 13.2 Å². The first-order valence-electron chi connectivity index (χ1n) is 7.42. The second-order valence-corrected chi connectivity index (χ2v) is 8.28. The zero-order valence-corrected chi connectivity index (χ0v) is 14.3. The van der Waals surface area contributed by atoms with Gasteiger partial charge in [-0.15, -0.1) is 11.3 Å². The van der Waals surface area contributed by atoms with Crippen molar-refractivity contribution in [1.82, 2.24) is 14.7 Å². The Morgan fingerprint density at radius 3 is 2.74 bits per heavy atom. The molecule has 1 aliphatic rings. The van der Waals surface area contributed by atoms with E-state index in [-0.39, 0.29) is 4.90 Å². The molecule has 1 fully saturated rings. The van der Waals surface area contributed by atoms with Crippen LogP contribution in [0.1, 0.15) is 52.0 Å². The molecule has 1 saturated carbocycles. The smallest absolute Gasteiger partial charge is 0.267 e. The molecule has 1 aliphatic carbocycles. The van der Waals surface area contributed by atoms with Gasteiger partial charge in [0, 0.05) is 18.3 Å². The number of pyridine rings is 1. The van der Waals surface area contributed by atoms with Crippen LogP contribution in [-0.4, -0.2) is 24.3 Å². The van der Waals surface area contributed by atoms with Gasteiger partial charge in [0.25, 0.3) is 15.9 Å². The van der Waals surface area contributed by atoms with Gasteiger partial charge in [-0.1, -0.05) is 12.8 Å². The van der Waals surface area contributed by atoms with Crippen molar-refractivity contribution in [3.05, 3.63) is 40.1 Å². The molecule has 1 amide bonds. The van der Waals surface area contributed by atoms with Crippen LogP contribution in [0.3, 0.4) is 0 Å². The molecule has 2 heterocycles. The molecule has 0 saturated heterocycles. The van der Waals surface area contributed by atoms with Crippen LogP contribution in [0.2, 0.25) is 0 Å². The van der Waals surface area contributed by atoms with Gasteiger partial charge >= 0.3 is 0 Å². The zero-order chi connectivity index (χ0) is 16.4. The Kier molecular flexibility index (Phi) is 4.45. The molecule has 3 rings (SSSR count). The van der Waals surface area contributed by atoms with Crippen molar-refractivity contribution >= 4 is 27.3 Å². The summed E-state index contributed by atoms with van der Waals surface area (Å²) >= 11 is 1.30. The number of carbonyl (C=O) groups is 1. The largest absolute Gasteiger partial charge is 0.276 e. The normalized spacial score (nSPS) is 15.7. The van der Waals surface area contributed by atoms with Crippen molar-refractivity contribution in [2.24, 2.45) is 0 Å². The second kappa shape index (κ2) is 6.37. The number of sulfonamides is 1. The molecule has 2 aromatic heterocycles. The highest BCUT2D eigenvalue weighted by atomic mass is 32.2. The third-order valence-electron chi connectivity index (χ3n) is 3.90. The first kappa shape index (κ1) is 16.1. The van der Waals surface area contributed by atoms with E-state index in [1.165, 1.54) is 48.7 Å². The van der Waals surface area contributed by atoms with Crippen LogP contribution < -0.4 is 4.72 Å². The average molecular weight is 351 g/mol. The highest BCUT2D eigenvalue weighted by Crippen LogP contribution is 2.37. The first-order valence-corrected chi connectivity index (χ1v) is 9.72. The molecule has 0 radical (unpaired) electrons. The van der Waals surface area contributed by atoms with Gasteiger partial charge in [-0.3, -0.25) is 9.78 Å². The SMILES string of the molecule is Cc1nc(C2CCCC2)sc1C(=O)NS(=O)(=O)c1cccnc1. The molecule has 122 valence electrons. The van der Waals surface area contributed by atoms with Gasteiger partial charge in [-0.2, -0.15) is 0 Å². The van der Waals surface area contributed by atoms with Crippen molar-refractivity contribution in [2.45, 2.75) is 43.4 Å². The Labute approximate surface area is 139 Å². The molecule has 23 heavy (non-hydrogen) atoms. The minimum absolute atomic E-state index is 0.0356. The van der Waals surface area contributed by atoms with Gasteiger partial charge in [0.2, 0.25) is 0 Å². The Bertz CT molecular complexity index is 810. The summed E-state index contributed by atoms with van der Waals surface area (Å²) in [4.78, 5) is 20.9. The highest BCUT2D eigenvalue weighted by Gasteiger charge is 2.26. The molecule has 0 spiro atoms. The molecule has 0 aromatic carbocycles. The van der Waals surface area contributed by atoms with E-state index < -0.39 is 15.9 Å². The van der Waals surface area contributed by atoms with Crippen LogP contribution in [0, 0.1) is 6.92 Å². The topological polar surface area (TPSA) is 89.0 Å². The number of nitrogens with one attached hydrogen (secondary N) is 1. The first-order chi connectivity index (χ1) is 11.0. The van der Waals surface area contributed by atoms with Gasteiger partial charge in [0.05, 0.1) is 10.7 Å². The van der Waals surface area contributed by atoms with Gasteiger partial charge in [0.15, 0.2) is 0 Å². The lowest BCUT2D eigenvalue weighted by atomic mass is 10.1. The van der Waals surface area contributed by atoms with Crippen LogP contribution in [0.15, 0.2) is 29.4 Å². The Hall–Kier alpha value is -1.80. The maximum atomic E-state index is 12.3. The summed E-state index contributed by atoms with van der Waals surface area (Å²) in [6, 6.07) is 2.90. The molecule has 0 bridgehead atoms. The van der Waals surface area contributed by atoms with Crippen LogP contribution >= 0.6 is 11.3 Å². The van der Waals surface area contributed by atoms with Crippen LogP contribution in [-0.2, 0) is 10.0 Å². The van der Waals surface area contributed by atoms with E-state index in [4.69, 9.17) is 0 Å². The fourth-order valence-electron chi connectivity index (χ4n) is 2.71. The molecular formula is C15H17N3O3S2. The number of nitrogens with zero attached hydrogens (tertiary/aromatic N) is 2. The number of rotatable bonds is 4. The third-order valence-corrected chi connectivity index (χ3v) is 6.53. The van der Waals surface area contributed by atoms with Gasteiger partial charge in [-0.25, -0.2) is 18.1 Å². The van der Waals surface area contributed by atoms with Gasteiger partial charge in [-0.05, 0) is 31.9 Å². The van der Waals surface area contributed by atoms with Crippen molar-refractivity contribution in [2.75, 3.05) is 0 Å². The Balaban J connectivity index is 1.81. The summed E-state index contributed by atoms with van der Waals surface area (Å²) in [5, 5.41) is 0.934. The summed E-state index contributed by atoms with van der Waals surface area (Å²) in [5.74, 6) is -0.233. The van der Waals surface area contributed by atoms with Gasteiger partial charge in [0.1, 0.15) is 9.77 Å². The Morgan fingerprint density at radius 2 is 2.09 bits per heavy atom. The minimum atomic E-state index is -3.92. The van der Waals surface area contributed by atoms with Crippen LogP contribution in [0.4, 0.5) is 0 Å². The highest BCUT2D eigenvalue weighted by molar-refractivity contribution is 7.90. The van der Waals surface area contributed by atoms with Gasteiger partial charge < -0.3 is 0 Å². The average Bonchev–Trinajstić information content (AvgIpc) is 3.17. The van der Waals surface area contributed by atoms with E-state index >= 15 is 0 Å². The van der Waals surface area contributed by atoms with E-state index in [0.717, 1.165) is 17.8 Å². The molecule has 0 atom stereocenters. The number of amides is 1. The molecule has 8 heteroatoms. The minimum Gasteiger partial charge on any atom is -0.267 e. The van der Waals surface area contributed by atoms with Crippen LogP contribution in [0.25, 0.3) is 0 Å². The maximum absolute atomic E-state index is 12.3. The maximum Gasteiger partial charge on any atom is 0.276 e. The molecule has 0 aliphatic heterocycles. The molecule has 2 aromatic rings. The monoisotopic (exact) mass is 351 g/mol. The summed E-state index contributed by atoms with van der Waals surface area (Å²) in [6.45, 7) is 1.74. The van der Waals surface area contributed by atoms with Crippen molar-refractivity contribution in [3.63, 3.8) is 0 Å². The number of thiazole rings is 1. The Morgan fingerprint density at radius 1 is 1.35 bits per heavy atom. The molecule has 6 nitrogen and oxygen atoms in total. The number of carbonyl (C=O) groups excluding carboxylic acids is 1. The quantitative estimate of drug-likeness (QED) is 0.914. The number of aryl methyl sites for hydroxylation is 1. The fraction of sp³-hybridized carbons (Fsp3) is 0.400. The molecular weight excluding hydrogens is 334 g/mol. The summed E-state index contributed by atoms with van der Waals surface area (Å²) in [5.41, 5.74) is 0.579. The molecule has 0 unspecified atom stereocenters. The lowest BCUT2D eigenvalue weighted by molar-refractivity contribution is 0.0984. The second-order valence-electron chi connectivity index (χ2n) is 5.57. The summed E-state index contributed by atoms with van der Waals surface area (Å²) < 4.78 is 26.5. The van der Waals surface area contributed by atoms with E-state index in [0.29, 0.717) is 16.5 Å². The predicted octanol–water partition coefficient (Wildman–Crippen LogP) is 2.62. The summed E-state index contributed by atoms with van der Waals surface area (Å²) in [7, 11) is -3.92.